The van der Waals surface area contributed by atoms with Crippen molar-refractivity contribution in [2.75, 3.05) is 31.3 Å². The van der Waals surface area contributed by atoms with Crippen LogP contribution in [0.4, 0.5) is 16.8 Å². The summed E-state index contributed by atoms with van der Waals surface area (Å²) in [6.07, 6.45) is 2.55. The number of nitrogens with one attached hydrogen (secondary N) is 2. The largest absolute Gasteiger partial charge is 0.383 e. The molecule has 0 unspecified atom stereocenters. The van der Waals surface area contributed by atoms with Crippen LogP contribution < -0.4 is 10.6 Å². The van der Waals surface area contributed by atoms with E-state index in [9.17, 15) is 10.1 Å². The Labute approximate surface area is 172 Å². The molecule has 0 atom stereocenters. The number of aryl methyl sites for hydroxylation is 1. The first-order valence-corrected chi connectivity index (χ1v) is 9.88. The van der Waals surface area contributed by atoms with Crippen LogP contribution in [0.3, 0.4) is 0 Å². The number of amides is 1. The summed E-state index contributed by atoms with van der Waals surface area (Å²) in [4.78, 5) is 27.6. The lowest BCUT2D eigenvalue weighted by atomic mass is 10.0. The minimum atomic E-state index is -0.0847. The van der Waals surface area contributed by atoms with Gasteiger partial charge in [0.2, 0.25) is 5.95 Å². The summed E-state index contributed by atoms with van der Waals surface area (Å²) in [6, 6.07) is 7.96. The van der Waals surface area contributed by atoms with Crippen LogP contribution in [-0.2, 0) is 6.42 Å². The van der Waals surface area contributed by atoms with Gasteiger partial charge in [-0.3, -0.25) is 4.79 Å². The summed E-state index contributed by atoms with van der Waals surface area (Å²) >= 11 is 1.27. The van der Waals surface area contributed by atoms with Gasteiger partial charge >= 0.3 is 0 Å². The molecule has 0 bridgehead atoms. The average Bonchev–Trinajstić information content (AvgIpc) is 3.33. The second-order valence-electron chi connectivity index (χ2n) is 6.87. The van der Waals surface area contributed by atoms with Crippen molar-refractivity contribution in [3.05, 3.63) is 46.1 Å². The van der Waals surface area contributed by atoms with Crippen molar-refractivity contribution >= 4 is 34.0 Å². The summed E-state index contributed by atoms with van der Waals surface area (Å²) in [5.41, 5.74) is 4.90. The highest BCUT2D eigenvalue weighted by atomic mass is 32.1. The Morgan fingerprint density at radius 3 is 2.93 bits per heavy atom. The number of nitrogens with zero attached hydrogens (tertiary/aromatic N) is 5. The zero-order valence-electron chi connectivity index (χ0n) is 16.3. The Hall–Kier alpha value is -3.51. The maximum Gasteiger partial charge on any atom is 0.265 e. The molecule has 2 aromatic heterocycles. The third-order valence-electron chi connectivity index (χ3n) is 4.60. The van der Waals surface area contributed by atoms with Crippen LogP contribution in [-0.4, -0.2) is 46.4 Å². The Morgan fingerprint density at radius 1 is 1.34 bits per heavy atom. The molecule has 29 heavy (non-hydrogen) atoms. The van der Waals surface area contributed by atoms with Crippen molar-refractivity contribution in [3.63, 3.8) is 0 Å². The number of fused-ring (bicyclic) bond motifs is 1. The van der Waals surface area contributed by atoms with E-state index in [0.717, 1.165) is 29.8 Å². The van der Waals surface area contributed by atoms with E-state index in [0.29, 0.717) is 32.9 Å². The van der Waals surface area contributed by atoms with Crippen LogP contribution in [0.2, 0.25) is 0 Å². The van der Waals surface area contributed by atoms with E-state index >= 15 is 0 Å². The quantitative estimate of drug-likeness (QED) is 0.686. The smallest absolute Gasteiger partial charge is 0.265 e. The normalized spacial score (nSPS) is 12.1. The number of anilines is 3. The number of rotatable bonds is 4. The van der Waals surface area contributed by atoms with Gasteiger partial charge in [-0.1, -0.05) is 11.3 Å². The van der Waals surface area contributed by atoms with E-state index < -0.39 is 0 Å². The predicted octanol–water partition coefficient (Wildman–Crippen LogP) is 3.19. The van der Waals surface area contributed by atoms with E-state index in [1.165, 1.54) is 16.2 Å². The first kappa shape index (κ1) is 18.8. The zero-order chi connectivity index (χ0) is 20.5. The molecule has 3 aromatic rings. The number of aromatic nitrogens is 3. The fourth-order valence-electron chi connectivity index (χ4n) is 3.19. The summed E-state index contributed by atoms with van der Waals surface area (Å²) in [5.74, 6) is 0.302. The Kier molecular flexibility index (Phi) is 4.86. The lowest BCUT2D eigenvalue weighted by Crippen LogP contribution is -2.21. The third kappa shape index (κ3) is 3.62. The van der Waals surface area contributed by atoms with Crippen molar-refractivity contribution in [2.45, 2.75) is 13.3 Å². The molecule has 0 saturated heterocycles. The van der Waals surface area contributed by atoms with Crippen molar-refractivity contribution in [2.24, 2.45) is 0 Å². The number of hydrogen-bond donors (Lipinski definition) is 2. The van der Waals surface area contributed by atoms with Gasteiger partial charge in [0.25, 0.3) is 5.91 Å². The summed E-state index contributed by atoms with van der Waals surface area (Å²) < 4.78 is 0. The first-order valence-electron chi connectivity index (χ1n) is 9.06. The third-order valence-corrected chi connectivity index (χ3v) is 5.66. The van der Waals surface area contributed by atoms with Crippen molar-refractivity contribution in [3.8, 4) is 17.3 Å². The SMILES string of the molecule is Cc1nc(Nc2nccc(-c3cc(C#N)c4c(c3)CCN4)n2)sc1C(=O)N(C)C. The molecule has 0 spiro atoms. The lowest BCUT2D eigenvalue weighted by Gasteiger charge is -2.08. The Balaban J connectivity index is 1.63. The van der Waals surface area contributed by atoms with E-state index in [2.05, 4.69) is 37.7 Å². The molecule has 0 fully saturated rings. The topological polar surface area (TPSA) is 107 Å². The lowest BCUT2D eigenvalue weighted by molar-refractivity contribution is 0.0831. The van der Waals surface area contributed by atoms with E-state index in [-0.39, 0.29) is 5.91 Å². The summed E-state index contributed by atoms with van der Waals surface area (Å²) in [6.45, 7) is 2.64. The number of benzene rings is 1. The molecule has 1 aromatic carbocycles. The van der Waals surface area contributed by atoms with Gasteiger partial charge in [0.15, 0.2) is 5.13 Å². The highest BCUT2D eigenvalue weighted by molar-refractivity contribution is 7.17. The number of thiazole rings is 1. The van der Waals surface area contributed by atoms with Crippen LogP contribution in [0.25, 0.3) is 11.3 Å². The molecule has 4 rings (SSSR count). The van der Waals surface area contributed by atoms with Gasteiger partial charge < -0.3 is 15.5 Å². The minimum absolute atomic E-state index is 0.0847. The van der Waals surface area contributed by atoms with E-state index in [1.54, 1.807) is 27.2 Å². The number of carbonyl (C=O) groups is 1. The van der Waals surface area contributed by atoms with Gasteiger partial charge in [0.1, 0.15) is 10.9 Å². The monoisotopic (exact) mass is 405 g/mol. The maximum atomic E-state index is 12.2. The second kappa shape index (κ2) is 7.48. The van der Waals surface area contributed by atoms with Crippen LogP contribution >= 0.6 is 11.3 Å². The van der Waals surface area contributed by atoms with Gasteiger partial charge in [0.05, 0.1) is 22.6 Å². The summed E-state index contributed by atoms with van der Waals surface area (Å²) in [7, 11) is 3.42. The zero-order valence-corrected chi connectivity index (χ0v) is 17.1. The van der Waals surface area contributed by atoms with Crippen LogP contribution in [0.15, 0.2) is 24.4 Å². The Bertz CT molecular complexity index is 1150. The fourth-order valence-corrected chi connectivity index (χ4v) is 4.17. The molecule has 0 saturated carbocycles. The van der Waals surface area contributed by atoms with Crippen molar-refractivity contribution in [1.82, 2.24) is 19.9 Å². The molecule has 3 heterocycles. The standard InChI is InChI=1S/C20H19N7OS/c1-11-17(18(28)27(2)3)29-20(24-11)26-19-23-7-5-15(25-19)13-8-12-4-6-22-16(12)14(9-13)10-21/h5,7-9,22H,4,6H2,1-3H3,(H,23,24,25,26). The van der Waals surface area contributed by atoms with E-state index in [4.69, 9.17) is 0 Å². The van der Waals surface area contributed by atoms with Gasteiger partial charge in [-0.05, 0) is 37.1 Å². The predicted molar refractivity (Wildman–Crippen MR) is 113 cm³/mol. The highest BCUT2D eigenvalue weighted by Crippen LogP contribution is 2.32. The molecular weight excluding hydrogens is 386 g/mol. The van der Waals surface area contributed by atoms with Crippen LogP contribution in [0, 0.1) is 18.3 Å². The molecule has 0 aliphatic carbocycles. The van der Waals surface area contributed by atoms with Crippen molar-refractivity contribution in [1.29, 1.82) is 5.26 Å². The molecule has 1 aliphatic heterocycles. The molecule has 2 N–H and O–H groups in total. The molecule has 1 amide bonds. The van der Waals surface area contributed by atoms with E-state index in [1.807, 2.05) is 12.1 Å². The number of hydrogen-bond acceptors (Lipinski definition) is 8. The minimum Gasteiger partial charge on any atom is -0.383 e. The molecule has 146 valence electrons. The highest BCUT2D eigenvalue weighted by Gasteiger charge is 2.19. The van der Waals surface area contributed by atoms with Crippen molar-refractivity contribution < 1.29 is 4.79 Å². The number of carbonyl (C=O) groups excluding carboxylic acids is 1. The van der Waals surface area contributed by atoms with Crippen LogP contribution in [0.5, 0.6) is 0 Å². The van der Waals surface area contributed by atoms with Gasteiger partial charge in [-0.25, -0.2) is 15.0 Å². The summed E-state index contributed by atoms with van der Waals surface area (Å²) in [5, 5.41) is 16.4. The Morgan fingerprint density at radius 2 is 2.17 bits per heavy atom. The molecular formula is C20H19N7OS. The van der Waals surface area contributed by atoms with Crippen LogP contribution in [0.1, 0.15) is 26.5 Å². The second-order valence-corrected chi connectivity index (χ2v) is 7.87. The molecule has 8 nitrogen and oxygen atoms in total. The number of nitriles is 1. The molecule has 1 aliphatic rings. The average molecular weight is 405 g/mol. The van der Waals surface area contributed by atoms with Gasteiger partial charge in [-0.2, -0.15) is 5.26 Å². The fraction of sp³-hybridized carbons (Fsp3) is 0.250. The van der Waals surface area contributed by atoms with Gasteiger partial charge in [-0.15, -0.1) is 0 Å². The molecule has 0 radical (unpaired) electrons. The molecule has 9 heteroatoms. The van der Waals surface area contributed by atoms with Gasteiger partial charge in [0, 0.05) is 32.4 Å². The first-order chi connectivity index (χ1) is 14.0. The maximum absolute atomic E-state index is 12.2.